The highest BCUT2D eigenvalue weighted by atomic mass is 14.4. The van der Waals surface area contributed by atoms with E-state index in [0.717, 1.165) is 0 Å². The van der Waals surface area contributed by atoms with Crippen molar-refractivity contribution in [3.63, 3.8) is 0 Å². The molecule has 1 aromatic carbocycles. The summed E-state index contributed by atoms with van der Waals surface area (Å²) in [6, 6.07) is 9.00. The van der Waals surface area contributed by atoms with Crippen LogP contribution in [0.5, 0.6) is 0 Å². The Morgan fingerprint density at radius 2 is 0.769 bits per heavy atom. The maximum absolute atomic E-state index is 2.37. The molecule has 152 valence electrons. The predicted molar refractivity (Wildman–Crippen MR) is 121 cm³/mol. The minimum atomic E-state index is 0.260. The minimum absolute atomic E-state index is 0.260. The van der Waals surface area contributed by atoms with Crippen LogP contribution in [0.1, 0.15) is 114 Å². The van der Waals surface area contributed by atoms with Crippen LogP contribution in [-0.4, -0.2) is 0 Å². The summed E-state index contributed by atoms with van der Waals surface area (Å²) in [6.45, 7) is 32.2. The summed E-state index contributed by atoms with van der Waals surface area (Å²) in [5, 5.41) is 0. The molecule has 1 aromatic rings. The van der Waals surface area contributed by atoms with E-state index in [2.05, 4.69) is 121 Å². The second kappa shape index (κ2) is 8.07. The van der Waals surface area contributed by atoms with Crippen molar-refractivity contribution in [1.29, 1.82) is 0 Å². The minimum Gasteiger partial charge on any atom is -0.0602 e. The van der Waals surface area contributed by atoms with Gasteiger partial charge in [-0.25, -0.2) is 0 Å². The van der Waals surface area contributed by atoms with Gasteiger partial charge in [0.2, 0.25) is 0 Å². The smallest absolute Gasteiger partial charge is 0.0132 e. The lowest BCUT2D eigenvalue weighted by atomic mass is 9.63. The Labute approximate surface area is 166 Å². The molecule has 0 aliphatic carbocycles. The zero-order valence-electron chi connectivity index (χ0n) is 20.5. The zero-order valence-corrected chi connectivity index (χ0v) is 20.5. The van der Waals surface area contributed by atoms with Crippen molar-refractivity contribution in [3.05, 3.63) is 35.4 Å². The van der Waals surface area contributed by atoms with E-state index < -0.39 is 0 Å². The second-order valence-electron chi connectivity index (χ2n) is 12.9. The monoisotopic (exact) mass is 360 g/mol. The third kappa shape index (κ3) is 8.74. The summed E-state index contributed by atoms with van der Waals surface area (Å²) in [4.78, 5) is 0. The molecule has 0 aromatic heterocycles. The van der Waals surface area contributed by atoms with Gasteiger partial charge in [0.1, 0.15) is 0 Å². The molecular formula is C26H48. The second-order valence-corrected chi connectivity index (χ2v) is 12.9. The number of rotatable bonds is 1. The molecule has 0 unspecified atom stereocenters. The summed E-state index contributed by atoms with van der Waals surface area (Å²) in [5.74, 6) is 0. The fourth-order valence-electron chi connectivity index (χ4n) is 3.06. The van der Waals surface area contributed by atoms with Crippen LogP contribution in [0.4, 0.5) is 0 Å². The summed E-state index contributed by atoms with van der Waals surface area (Å²) >= 11 is 0. The quantitative estimate of drug-likeness (QED) is 0.469. The first kappa shape index (κ1) is 25.2. The molecule has 0 bridgehead atoms. The van der Waals surface area contributed by atoms with Crippen LogP contribution in [0.3, 0.4) is 0 Å². The van der Waals surface area contributed by atoms with Crippen molar-refractivity contribution >= 4 is 0 Å². The molecular weight excluding hydrogens is 312 g/mol. The van der Waals surface area contributed by atoms with E-state index in [0.29, 0.717) is 16.2 Å². The normalized spacial score (nSPS) is 13.9. The molecule has 1 rings (SSSR count). The van der Waals surface area contributed by atoms with Gasteiger partial charge in [0.15, 0.2) is 0 Å². The Morgan fingerprint density at radius 3 is 0.885 bits per heavy atom. The topological polar surface area (TPSA) is 0 Å². The average molecular weight is 361 g/mol. The SMILES string of the molecule is CC(C)(C)CC(C)(C)C(C)(C)C.CC(C)(C)c1ccc(C(C)(C)C)cc1. The Kier molecular flexibility index (Phi) is 7.83. The maximum Gasteiger partial charge on any atom is -0.0132 e. The van der Waals surface area contributed by atoms with Gasteiger partial charge in [-0.3, -0.25) is 0 Å². The summed E-state index contributed by atoms with van der Waals surface area (Å²) in [6.07, 6.45) is 1.28. The van der Waals surface area contributed by atoms with Crippen molar-refractivity contribution < 1.29 is 0 Å². The Hall–Kier alpha value is -0.780. The van der Waals surface area contributed by atoms with Crippen molar-refractivity contribution in [2.45, 2.75) is 114 Å². The van der Waals surface area contributed by atoms with E-state index in [1.165, 1.54) is 17.5 Å². The van der Waals surface area contributed by atoms with Crippen molar-refractivity contribution in [2.24, 2.45) is 16.2 Å². The molecule has 0 fully saturated rings. The summed E-state index contributed by atoms with van der Waals surface area (Å²) < 4.78 is 0. The standard InChI is InChI=1S/C14H22.C12H26/c1-13(2,3)11-7-9-12(10-8-11)14(4,5)6;1-10(2,3)9-12(7,8)11(4,5)6/h7-10H,1-6H3;9H2,1-8H3. The van der Waals surface area contributed by atoms with Crippen LogP contribution in [0.25, 0.3) is 0 Å². The van der Waals surface area contributed by atoms with E-state index in [9.17, 15) is 0 Å². The maximum atomic E-state index is 2.37. The number of hydrogen-bond acceptors (Lipinski definition) is 0. The highest BCUT2D eigenvalue weighted by Gasteiger charge is 2.35. The number of benzene rings is 1. The molecule has 26 heavy (non-hydrogen) atoms. The van der Waals surface area contributed by atoms with Crippen LogP contribution >= 0.6 is 0 Å². The third-order valence-electron chi connectivity index (χ3n) is 5.62. The lowest BCUT2D eigenvalue weighted by Crippen LogP contribution is -2.33. The molecule has 0 radical (unpaired) electrons. The molecule has 0 aliphatic heterocycles. The van der Waals surface area contributed by atoms with Crippen LogP contribution in [0.15, 0.2) is 24.3 Å². The largest absolute Gasteiger partial charge is 0.0602 e. The fourth-order valence-corrected chi connectivity index (χ4v) is 3.06. The zero-order chi connectivity index (χ0) is 21.2. The van der Waals surface area contributed by atoms with E-state index in [1.807, 2.05) is 0 Å². The van der Waals surface area contributed by atoms with Crippen LogP contribution in [0, 0.1) is 16.2 Å². The van der Waals surface area contributed by atoms with Gasteiger partial charge < -0.3 is 0 Å². The van der Waals surface area contributed by atoms with E-state index in [4.69, 9.17) is 0 Å². The Balaban J connectivity index is 0.000000488. The first-order chi connectivity index (χ1) is 11.2. The van der Waals surface area contributed by atoms with E-state index in [1.54, 1.807) is 0 Å². The van der Waals surface area contributed by atoms with Crippen LogP contribution < -0.4 is 0 Å². The van der Waals surface area contributed by atoms with Gasteiger partial charge in [-0.15, -0.1) is 0 Å². The molecule has 0 N–H and O–H groups in total. The molecule has 0 heteroatoms. The molecule has 0 spiro atoms. The number of hydrogen-bond donors (Lipinski definition) is 0. The first-order valence-electron chi connectivity index (χ1n) is 10.3. The van der Waals surface area contributed by atoms with E-state index in [-0.39, 0.29) is 10.8 Å². The molecule has 0 atom stereocenters. The third-order valence-corrected chi connectivity index (χ3v) is 5.62. The molecule has 0 saturated carbocycles. The van der Waals surface area contributed by atoms with Crippen molar-refractivity contribution in [1.82, 2.24) is 0 Å². The predicted octanol–water partition coefficient (Wildman–Crippen LogP) is 8.78. The average Bonchev–Trinajstić information content (AvgIpc) is 2.33. The lowest BCUT2D eigenvalue weighted by molar-refractivity contribution is 0.0743. The van der Waals surface area contributed by atoms with Gasteiger partial charge in [-0.05, 0) is 44.6 Å². The molecule has 0 nitrogen and oxygen atoms in total. The molecule has 0 amide bonds. The Bertz CT molecular complexity index is 495. The molecule has 0 heterocycles. The van der Waals surface area contributed by atoms with Crippen molar-refractivity contribution in [3.8, 4) is 0 Å². The van der Waals surface area contributed by atoms with Crippen LogP contribution in [0.2, 0.25) is 0 Å². The van der Waals surface area contributed by atoms with Gasteiger partial charge in [-0.1, -0.05) is 121 Å². The van der Waals surface area contributed by atoms with Gasteiger partial charge in [0.25, 0.3) is 0 Å². The first-order valence-corrected chi connectivity index (χ1v) is 10.3. The fraction of sp³-hybridized carbons (Fsp3) is 0.769. The van der Waals surface area contributed by atoms with Crippen LogP contribution in [-0.2, 0) is 10.8 Å². The summed E-state index contributed by atoms with van der Waals surface area (Å²) in [7, 11) is 0. The van der Waals surface area contributed by atoms with Crippen molar-refractivity contribution in [2.75, 3.05) is 0 Å². The molecule has 0 aliphatic rings. The van der Waals surface area contributed by atoms with E-state index >= 15 is 0 Å². The van der Waals surface area contributed by atoms with Gasteiger partial charge in [0, 0.05) is 0 Å². The lowest BCUT2D eigenvalue weighted by Gasteiger charge is -2.43. The highest BCUT2D eigenvalue weighted by molar-refractivity contribution is 5.30. The summed E-state index contributed by atoms with van der Waals surface area (Å²) in [5.41, 5.74) is 4.60. The Morgan fingerprint density at radius 1 is 0.500 bits per heavy atom. The highest BCUT2D eigenvalue weighted by Crippen LogP contribution is 2.45. The van der Waals surface area contributed by atoms with Gasteiger partial charge in [0.05, 0.1) is 0 Å². The van der Waals surface area contributed by atoms with Gasteiger partial charge >= 0.3 is 0 Å². The van der Waals surface area contributed by atoms with Gasteiger partial charge in [-0.2, -0.15) is 0 Å². The molecule has 0 saturated heterocycles.